The minimum Gasteiger partial charge on any atom is -0.496 e. The molecule has 0 aliphatic heterocycles. The molecular weight excluding hydrogens is 352 g/mol. The van der Waals surface area contributed by atoms with Gasteiger partial charge in [-0.2, -0.15) is 0 Å². The third-order valence-corrected chi connectivity index (χ3v) is 4.24. The van der Waals surface area contributed by atoms with Crippen molar-refractivity contribution < 1.29 is 14.3 Å². The average Bonchev–Trinajstić information content (AvgIpc) is 2.64. The molecule has 0 spiro atoms. The van der Waals surface area contributed by atoms with Gasteiger partial charge in [0.05, 0.1) is 7.11 Å². The molecular formula is C20H23ClN2O3. The first-order valence-electron chi connectivity index (χ1n) is 8.38. The highest BCUT2D eigenvalue weighted by molar-refractivity contribution is 6.30. The predicted molar refractivity (Wildman–Crippen MR) is 102 cm³/mol. The van der Waals surface area contributed by atoms with E-state index in [0.29, 0.717) is 22.9 Å². The van der Waals surface area contributed by atoms with Gasteiger partial charge in [-0.3, -0.25) is 9.59 Å². The van der Waals surface area contributed by atoms with Gasteiger partial charge >= 0.3 is 0 Å². The Morgan fingerprint density at radius 3 is 2.35 bits per heavy atom. The van der Waals surface area contributed by atoms with Gasteiger partial charge in [0.1, 0.15) is 11.8 Å². The van der Waals surface area contributed by atoms with Crippen molar-refractivity contribution in [1.82, 2.24) is 10.6 Å². The number of rotatable bonds is 7. The Balaban J connectivity index is 2.03. The fourth-order valence-electron chi connectivity index (χ4n) is 2.50. The molecule has 2 N–H and O–H groups in total. The number of para-hydroxylation sites is 1. The second-order valence-electron chi connectivity index (χ2n) is 6.23. The summed E-state index contributed by atoms with van der Waals surface area (Å²) in [6, 6.07) is 13.4. The fourth-order valence-corrected chi connectivity index (χ4v) is 2.63. The minimum absolute atomic E-state index is 0.0658. The van der Waals surface area contributed by atoms with Crippen LogP contribution in [0.3, 0.4) is 0 Å². The number of benzene rings is 2. The van der Waals surface area contributed by atoms with Gasteiger partial charge in [-0.05, 0) is 36.2 Å². The predicted octanol–water partition coefficient (Wildman–Crippen LogP) is 3.42. The Morgan fingerprint density at radius 1 is 1.08 bits per heavy atom. The molecule has 2 amide bonds. The van der Waals surface area contributed by atoms with Crippen molar-refractivity contribution in [2.45, 2.75) is 26.4 Å². The lowest BCUT2D eigenvalue weighted by Crippen LogP contribution is -2.49. The Hall–Kier alpha value is -2.53. The molecule has 0 saturated heterocycles. The van der Waals surface area contributed by atoms with Crippen LogP contribution in [0.5, 0.6) is 5.75 Å². The lowest BCUT2D eigenvalue weighted by atomic mass is 10.0. The van der Waals surface area contributed by atoms with E-state index >= 15 is 0 Å². The molecule has 6 heteroatoms. The monoisotopic (exact) mass is 374 g/mol. The van der Waals surface area contributed by atoms with Gasteiger partial charge in [0, 0.05) is 22.7 Å². The van der Waals surface area contributed by atoms with Crippen molar-refractivity contribution in [2.24, 2.45) is 5.92 Å². The summed E-state index contributed by atoms with van der Waals surface area (Å²) in [4.78, 5) is 25.0. The molecule has 0 fully saturated rings. The number of nitrogens with one attached hydrogen (secondary N) is 2. The summed E-state index contributed by atoms with van der Waals surface area (Å²) in [6.45, 7) is 4.09. The Bertz CT molecular complexity index is 760. The third-order valence-electron chi connectivity index (χ3n) is 3.99. The average molecular weight is 375 g/mol. The van der Waals surface area contributed by atoms with E-state index in [0.717, 1.165) is 5.56 Å². The highest BCUT2D eigenvalue weighted by Crippen LogP contribution is 2.17. The van der Waals surface area contributed by atoms with Crippen molar-refractivity contribution in [2.75, 3.05) is 7.11 Å². The fraction of sp³-hybridized carbons (Fsp3) is 0.300. The van der Waals surface area contributed by atoms with Crippen molar-refractivity contribution >= 4 is 23.4 Å². The zero-order valence-electron chi connectivity index (χ0n) is 15.1. The molecule has 5 nitrogen and oxygen atoms in total. The lowest BCUT2D eigenvalue weighted by molar-refractivity contribution is -0.124. The summed E-state index contributed by atoms with van der Waals surface area (Å²) < 4.78 is 5.29. The first-order chi connectivity index (χ1) is 12.4. The van der Waals surface area contributed by atoms with Crippen LogP contribution < -0.4 is 15.4 Å². The number of ether oxygens (including phenoxy) is 1. The molecule has 0 aliphatic rings. The van der Waals surface area contributed by atoms with E-state index in [-0.39, 0.29) is 17.7 Å². The molecule has 2 aromatic carbocycles. The van der Waals surface area contributed by atoms with Gasteiger partial charge < -0.3 is 15.4 Å². The summed E-state index contributed by atoms with van der Waals surface area (Å²) in [7, 11) is 1.59. The van der Waals surface area contributed by atoms with E-state index in [1.165, 1.54) is 0 Å². The summed E-state index contributed by atoms with van der Waals surface area (Å²) in [5.74, 6) is 0.0871. The number of carbonyl (C=O) groups excluding carboxylic acids is 2. The Kier molecular flexibility index (Phi) is 7.04. The molecule has 1 atom stereocenters. The van der Waals surface area contributed by atoms with E-state index < -0.39 is 6.04 Å². The van der Waals surface area contributed by atoms with Crippen LogP contribution >= 0.6 is 11.6 Å². The van der Waals surface area contributed by atoms with Crippen LogP contribution in [-0.2, 0) is 11.3 Å². The van der Waals surface area contributed by atoms with Gasteiger partial charge in [0.25, 0.3) is 5.91 Å². The van der Waals surface area contributed by atoms with Gasteiger partial charge in [0.15, 0.2) is 0 Å². The molecule has 0 radical (unpaired) electrons. The lowest BCUT2D eigenvalue weighted by Gasteiger charge is -2.22. The normalized spacial score (nSPS) is 11.7. The van der Waals surface area contributed by atoms with Gasteiger partial charge in [-0.25, -0.2) is 0 Å². The quantitative estimate of drug-likeness (QED) is 0.780. The smallest absolute Gasteiger partial charge is 0.251 e. The first kappa shape index (κ1) is 19.8. The number of hydrogen-bond acceptors (Lipinski definition) is 3. The van der Waals surface area contributed by atoms with Crippen molar-refractivity contribution in [3.05, 3.63) is 64.7 Å². The van der Waals surface area contributed by atoms with Gasteiger partial charge in [-0.1, -0.05) is 43.6 Å². The molecule has 0 heterocycles. The SMILES string of the molecule is COc1ccccc1CNC(=O)C(NC(=O)c1ccc(Cl)cc1)C(C)C. The molecule has 0 bridgehead atoms. The number of methoxy groups -OCH3 is 1. The second-order valence-corrected chi connectivity index (χ2v) is 6.67. The van der Waals surface area contributed by atoms with E-state index in [9.17, 15) is 9.59 Å². The summed E-state index contributed by atoms with van der Waals surface area (Å²) in [5.41, 5.74) is 1.33. The maximum Gasteiger partial charge on any atom is 0.251 e. The number of amides is 2. The summed E-state index contributed by atoms with van der Waals surface area (Å²) in [6.07, 6.45) is 0. The third kappa shape index (κ3) is 5.23. The van der Waals surface area contributed by atoms with Crippen LogP contribution in [0.15, 0.2) is 48.5 Å². The van der Waals surface area contributed by atoms with E-state index in [2.05, 4.69) is 10.6 Å². The highest BCUT2D eigenvalue weighted by Gasteiger charge is 2.24. The molecule has 138 valence electrons. The van der Waals surface area contributed by atoms with Crippen LogP contribution in [0.1, 0.15) is 29.8 Å². The van der Waals surface area contributed by atoms with Crippen LogP contribution in [-0.4, -0.2) is 25.0 Å². The maximum atomic E-state index is 12.6. The van der Waals surface area contributed by atoms with Crippen LogP contribution in [0.4, 0.5) is 0 Å². The van der Waals surface area contributed by atoms with Crippen LogP contribution in [0.25, 0.3) is 0 Å². The van der Waals surface area contributed by atoms with Crippen LogP contribution in [0, 0.1) is 5.92 Å². The van der Waals surface area contributed by atoms with E-state index in [1.54, 1.807) is 31.4 Å². The second kappa shape index (κ2) is 9.25. The number of hydrogen-bond donors (Lipinski definition) is 2. The summed E-state index contributed by atoms with van der Waals surface area (Å²) >= 11 is 5.84. The number of halogens is 1. The molecule has 0 saturated carbocycles. The largest absolute Gasteiger partial charge is 0.496 e. The Morgan fingerprint density at radius 2 is 1.73 bits per heavy atom. The molecule has 2 aromatic rings. The zero-order valence-corrected chi connectivity index (χ0v) is 15.8. The topological polar surface area (TPSA) is 67.4 Å². The minimum atomic E-state index is -0.645. The zero-order chi connectivity index (χ0) is 19.1. The molecule has 26 heavy (non-hydrogen) atoms. The molecule has 1 unspecified atom stereocenters. The van der Waals surface area contributed by atoms with Crippen molar-refractivity contribution in [1.29, 1.82) is 0 Å². The van der Waals surface area contributed by atoms with Crippen molar-refractivity contribution in [3.63, 3.8) is 0 Å². The van der Waals surface area contributed by atoms with Crippen LogP contribution in [0.2, 0.25) is 5.02 Å². The molecule has 2 rings (SSSR count). The van der Waals surface area contributed by atoms with Gasteiger partial charge in [-0.15, -0.1) is 0 Å². The molecule has 0 aromatic heterocycles. The first-order valence-corrected chi connectivity index (χ1v) is 8.76. The standard InChI is InChI=1S/C20H23ClN2O3/c1-13(2)18(23-19(24)14-8-10-16(21)11-9-14)20(25)22-12-15-6-4-5-7-17(15)26-3/h4-11,13,18H,12H2,1-3H3,(H,22,25)(H,23,24). The van der Waals surface area contributed by atoms with E-state index in [4.69, 9.17) is 16.3 Å². The Labute approximate surface area is 158 Å². The van der Waals surface area contributed by atoms with Gasteiger partial charge in [0.2, 0.25) is 5.91 Å². The highest BCUT2D eigenvalue weighted by atomic mass is 35.5. The summed E-state index contributed by atoms with van der Waals surface area (Å²) in [5, 5.41) is 6.21. The van der Waals surface area contributed by atoms with E-state index in [1.807, 2.05) is 38.1 Å². The maximum absolute atomic E-state index is 12.6. The number of carbonyl (C=O) groups is 2. The van der Waals surface area contributed by atoms with Crippen molar-refractivity contribution in [3.8, 4) is 5.75 Å². The molecule has 0 aliphatic carbocycles.